The van der Waals surface area contributed by atoms with Crippen LogP contribution in [0.15, 0.2) is 23.6 Å². The van der Waals surface area contributed by atoms with Gasteiger partial charge in [0.25, 0.3) is 0 Å². The second-order valence-electron chi connectivity index (χ2n) is 5.31. The molecule has 0 aliphatic heterocycles. The van der Waals surface area contributed by atoms with Crippen LogP contribution < -0.4 is 15.8 Å². The Balaban J connectivity index is 0.00000264. The quantitative estimate of drug-likeness (QED) is 0.829. The SMILES string of the molecule is COc1ccc(C)cc1-c1csc(NC(=O)CCC(C)N)n1.Cl. The van der Waals surface area contributed by atoms with Gasteiger partial charge in [-0.25, -0.2) is 4.98 Å². The number of aromatic nitrogens is 1. The molecule has 1 unspecified atom stereocenters. The van der Waals surface area contributed by atoms with Crippen LogP contribution in [-0.4, -0.2) is 24.0 Å². The van der Waals surface area contributed by atoms with E-state index in [4.69, 9.17) is 10.5 Å². The summed E-state index contributed by atoms with van der Waals surface area (Å²) in [4.78, 5) is 16.3. The highest BCUT2D eigenvalue weighted by Gasteiger charge is 2.12. The standard InChI is InChI=1S/C16H21N3O2S.ClH/c1-10-4-6-14(21-3)12(8-10)13-9-22-16(18-13)19-15(20)7-5-11(2)17;/h4,6,8-9,11H,5,7,17H2,1-3H3,(H,18,19,20);1H. The minimum absolute atomic E-state index is 0. The number of benzene rings is 1. The number of rotatable bonds is 6. The van der Waals surface area contributed by atoms with Gasteiger partial charge in [-0.2, -0.15) is 0 Å². The molecule has 0 fully saturated rings. The Morgan fingerprint density at radius 2 is 2.22 bits per heavy atom. The first-order valence-corrected chi connectivity index (χ1v) is 8.03. The average Bonchev–Trinajstić information content (AvgIpc) is 2.93. The maximum absolute atomic E-state index is 11.8. The van der Waals surface area contributed by atoms with Crippen molar-refractivity contribution in [1.29, 1.82) is 0 Å². The molecule has 0 saturated carbocycles. The lowest BCUT2D eigenvalue weighted by atomic mass is 10.1. The molecule has 0 saturated heterocycles. The largest absolute Gasteiger partial charge is 0.496 e. The van der Waals surface area contributed by atoms with Gasteiger partial charge in [-0.05, 0) is 32.4 Å². The molecule has 1 atom stereocenters. The first kappa shape index (κ1) is 19.4. The molecule has 1 heterocycles. The highest BCUT2D eigenvalue weighted by Crippen LogP contribution is 2.32. The Morgan fingerprint density at radius 1 is 1.48 bits per heavy atom. The van der Waals surface area contributed by atoms with Crippen LogP contribution in [0.2, 0.25) is 0 Å². The molecule has 2 aromatic rings. The number of carbonyl (C=O) groups is 1. The van der Waals surface area contributed by atoms with Gasteiger partial charge in [0.1, 0.15) is 5.75 Å². The van der Waals surface area contributed by atoms with E-state index in [1.54, 1.807) is 7.11 Å². The van der Waals surface area contributed by atoms with E-state index in [1.165, 1.54) is 11.3 Å². The molecule has 0 bridgehead atoms. The summed E-state index contributed by atoms with van der Waals surface area (Å²) in [6, 6.07) is 5.96. The van der Waals surface area contributed by atoms with Crippen LogP contribution in [0.5, 0.6) is 5.75 Å². The lowest BCUT2D eigenvalue weighted by Crippen LogP contribution is -2.19. The molecule has 0 spiro atoms. The molecule has 0 aliphatic rings. The molecule has 2 rings (SSSR count). The number of nitrogens with one attached hydrogen (secondary N) is 1. The summed E-state index contributed by atoms with van der Waals surface area (Å²) in [5.74, 6) is 0.708. The number of carbonyl (C=O) groups excluding carboxylic acids is 1. The van der Waals surface area contributed by atoms with E-state index in [-0.39, 0.29) is 24.4 Å². The van der Waals surface area contributed by atoms with Gasteiger partial charge in [0.2, 0.25) is 5.91 Å². The molecule has 3 N–H and O–H groups in total. The van der Waals surface area contributed by atoms with Crippen molar-refractivity contribution in [2.75, 3.05) is 12.4 Å². The van der Waals surface area contributed by atoms with E-state index >= 15 is 0 Å². The van der Waals surface area contributed by atoms with Crippen molar-refractivity contribution in [3.8, 4) is 17.0 Å². The minimum Gasteiger partial charge on any atom is -0.496 e. The third-order valence-corrected chi connectivity index (χ3v) is 3.97. The van der Waals surface area contributed by atoms with Crippen LogP contribution in [0.4, 0.5) is 5.13 Å². The molecule has 1 aromatic carbocycles. The van der Waals surface area contributed by atoms with E-state index < -0.39 is 0 Å². The highest BCUT2D eigenvalue weighted by molar-refractivity contribution is 7.14. The summed E-state index contributed by atoms with van der Waals surface area (Å²) in [6.45, 7) is 3.91. The molecule has 0 radical (unpaired) electrons. The fraction of sp³-hybridized carbons (Fsp3) is 0.375. The second kappa shape index (κ2) is 8.86. The van der Waals surface area contributed by atoms with Gasteiger partial charge in [0.05, 0.1) is 12.8 Å². The number of nitrogens with zero attached hydrogens (tertiary/aromatic N) is 1. The third kappa shape index (κ3) is 5.49. The monoisotopic (exact) mass is 355 g/mol. The number of hydrogen-bond acceptors (Lipinski definition) is 5. The van der Waals surface area contributed by atoms with Crippen LogP contribution in [0, 0.1) is 6.92 Å². The van der Waals surface area contributed by atoms with Gasteiger partial charge in [-0.1, -0.05) is 11.6 Å². The molecule has 1 aromatic heterocycles. The molecular weight excluding hydrogens is 334 g/mol. The zero-order valence-corrected chi connectivity index (χ0v) is 15.1. The molecule has 0 aliphatic carbocycles. The molecule has 7 heteroatoms. The number of ether oxygens (including phenoxy) is 1. The smallest absolute Gasteiger partial charge is 0.226 e. The van der Waals surface area contributed by atoms with Crippen molar-refractivity contribution in [1.82, 2.24) is 4.98 Å². The fourth-order valence-electron chi connectivity index (χ4n) is 2.02. The topological polar surface area (TPSA) is 77.2 Å². The van der Waals surface area contributed by atoms with Gasteiger partial charge in [-0.15, -0.1) is 23.7 Å². The number of methoxy groups -OCH3 is 1. The van der Waals surface area contributed by atoms with Crippen LogP contribution in [0.3, 0.4) is 0 Å². The number of anilines is 1. The summed E-state index contributed by atoms with van der Waals surface area (Å²) in [5, 5.41) is 5.32. The van der Waals surface area contributed by atoms with E-state index in [9.17, 15) is 4.79 Å². The molecule has 1 amide bonds. The zero-order valence-electron chi connectivity index (χ0n) is 13.5. The number of amides is 1. The number of nitrogens with two attached hydrogens (primary N) is 1. The van der Waals surface area contributed by atoms with Crippen molar-refractivity contribution < 1.29 is 9.53 Å². The van der Waals surface area contributed by atoms with E-state index in [0.29, 0.717) is 18.0 Å². The maximum Gasteiger partial charge on any atom is 0.226 e. The summed E-state index contributed by atoms with van der Waals surface area (Å²) < 4.78 is 5.37. The Kier molecular flexibility index (Phi) is 7.48. The van der Waals surface area contributed by atoms with Gasteiger partial charge >= 0.3 is 0 Å². The van der Waals surface area contributed by atoms with Crippen molar-refractivity contribution >= 4 is 34.8 Å². The van der Waals surface area contributed by atoms with Gasteiger partial charge < -0.3 is 15.8 Å². The average molecular weight is 356 g/mol. The number of aryl methyl sites for hydroxylation is 1. The molecule has 23 heavy (non-hydrogen) atoms. The highest BCUT2D eigenvalue weighted by atomic mass is 35.5. The Morgan fingerprint density at radius 3 is 2.87 bits per heavy atom. The third-order valence-electron chi connectivity index (χ3n) is 3.21. The maximum atomic E-state index is 11.8. The van der Waals surface area contributed by atoms with Gasteiger partial charge in [0, 0.05) is 23.4 Å². The lowest BCUT2D eigenvalue weighted by molar-refractivity contribution is -0.116. The number of thiazole rings is 1. The van der Waals surface area contributed by atoms with Crippen LogP contribution in [-0.2, 0) is 4.79 Å². The zero-order chi connectivity index (χ0) is 16.1. The fourth-order valence-corrected chi connectivity index (χ4v) is 2.74. The molecule has 126 valence electrons. The van der Waals surface area contributed by atoms with Crippen LogP contribution in [0.1, 0.15) is 25.3 Å². The van der Waals surface area contributed by atoms with Crippen molar-refractivity contribution in [2.45, 2.75) is 32.7 Å². The van der Waals surface area contributed by atoms with Crippen LogP contribution in [0.25, 0.3) is 11.3 Å². The molecule has 5 nitrogen and oxygen atoms in total. The predicted octanol–water partition coefficient (Wildman–Crippen LogP) is 3.61. The second-order valence-corrected chi connectivity index (χ2v) is 6.16. The van der Waals surface area contributed by atoms with Gasteiger partial charge in [0.15, 0.2) is 5.13 Å². The summed E-state index contributed by atoms with van der Waals surface area (Å²) >= 11 is 1.40. The minimum atomic E-state index is -0.0607. The van der Waals surface area contributed by atoms with Crippen molar-refractivity contribution in [3.63, 3.8) is 0 Å². The Bertz CT molecular complexity index is 659. The number of halogens is 1. The van der Waals surface area contributed by atoms with E-state index in [0.717, 1.165) is 22.6 Å². The Hall–Kier alpha value is -1.63. The summed E-state index contributed by atoms with van der Waals surface area (Å²) in [6.07, 6.45) is 1.07. The Labute approximate surface area is 146 Å². The van der Waals surface area contributed by atoms with Crippen LogP contribution >= 0.6 is 23.7 Å². The normalized spacial score (nSPS) is 11.5. The first-order valence-electron chi connectivity index (χ1n) is 7.15. The predicted molar refractivity (Wildman–Crippen MR) is 97.6 cm³/mol. The lowest BCUT2D eigenvalue weighted by Gasteiger charge is -2.07. The summed E-state index contributed by atoms with van der Waals surface area (Å²) in [5.41, 5.74) is 8.51. The molecular formula is C16H22ClN3O2S. The van der Waals surface area contributed by atoms with E-state index in [1.807, 2.05) is 37.4 Å². The van der Waals surface area contributed by atoms with Gasteiger partial charge in [-0.3, -0.25) is 4.79 Å². The van der Waals surface area contributed by atoms with Crippen molar-refractivity contribution in [2.24, 2.45) is 5.73 Å². The van der Waals surface area contributed by atoms with E-state index in [2.05, 4.69) is 10.3 Å². The first-order chi connectivity index (χ1) is 10.5. The summed E-state index contributed by atoms with van der Waals surface area (Å²) in [7, 11) is 1.64. The number of hydrogen-bond donors (Lipinski definition) is 2. The van der Waals surface area contributed by atoms with Crippen molar-refractivity contribution in [3.05, 3.63) is 29.1 Å².